The Labute approximate surface area is 222 Å². The van der Waals surface area contributed by atoms with Crippen molar-refractivity contribution in [1.82, 2.24) is 4.57 Å². The highest BCUT2D eigenvalue weighted by Crippen LogP contribution is 2.39. The topological polar surface area (TPSA) is 30.9 Å². The molecular weight excluding hydrogens is 460 g/mol. The number of hydrogen-bond acceptors (Lipinski definition) is 1. The van der Waals surface area contributed by atoms with Crippen molar-refractivity contribution in [3.63, 3.8) is 0 Å². The van der Waals surface area contributed by atoms with E-state index in [2.05, 4.69) is 132 Å². The summed E-state index contributed by atoms with van der Waals surface area (Å²) in [7, 11) is 0. The number of hydrogen-bond donors (Lipinski definition) is 1. The molecule has 0 saturated carbocycles. The molecule has 0 aliphatic carbocycles. The predicted octanol–water partition coefficient (Wildman–Crippen LogP) is 9.37. The van der Waals surface area contributed by atoms with E-state index in [1.54, 1.807) is 0 Å². The molecule has 0 bridgehead atoms. The van der Waals surface area contributed by atoms with E-state index in [9.17, 15) is 0 Å². The minimum atomic E-state index is 0.790. The standard InChI is InChI=1S/C36H26N2/c37-34-19-8-6-17-31(34)26-12-10-11-25(23-26)29-15-4-5-16-30(29)27-21-22-36-33(24-27)32-18-7-9-20-35(32)38(36)28-13-2-1-3-14-28/h1-24H,37H2. The predicted molar refractivity (Wildman–Crippen MR) is 162 cm³/mol. The van der Waals surface area contributed by atoms with Crippen molar-refractivity contribution in [1.29, 1.82) is 0 Å². The lowest BCUT2D eigenvalue weighted by molar-refractivity contribution is 1.18. The summed E-state index contributed by atoms with van der Waals surface area (Å²) in [5.41, 5.74) is 17.7. The van der Waals surface area contributed by atoms with Crippen molar-refractivity contribution in [2.24, 2.45) is 0 Å². The van der Waals surface area contributed by atoms with Crippen molar-refractivity contribution in [3.8, 4) is 39.1 Å². The van der Waals surface area contributed by atoms with E-state index in [0.717, 1.165) is 16.8 Å². The second-order valence-corrected chi connectivity index (χ2v) is 9.63. The second-order valence-electron chi connectivity index (χ2n) is 9.63. The van der Waals surface area contributed by atoms with Crippen LogP contribution in [0.5, 0.6) is 0 Å². The SMILES string of the molecule is Nc1ccccc1-c1cccc(-c2ccccc2-c2ccc3c(c2)c2ccccc2n3-c2ccccc2)c1. The molecule has 2 nitrogen and oxygen atoms in total. The van der Waals surface area contributed by atoms with Crippen LogP contribution in [0.1, 0.15) is 0 Å². The Morgan fingerprint density at radius 1 is 0.395 bits per heavy atom. The summed E-state index contributed by atoms with van der Waals surface area (Å²) in [5.74, 6) is 0. The summed E-state index contributed by atoms with van der Waals surface area (Å²) in [5, 5.41) is 2.51. The zero-order valence-corrected chi connectivity index (χ0v) is 20.9. The fourth-order valence-corrected chi connectivity index (χ4v) is 5.60. The van der Waals surface area contributed by atoms with Crippen molar-refractivity contribution < 1.29 is 0 Å². The van der Waals surface area contributed by atoms with Crippen LogP contribution >= 0.6 is 0 Å². The molecule has 0 amide bonds. The number of benzene rings is 6. The van der Waals surface area contributed by atoms with Gasteiger partial charge in [0, 0.05) is 27.7 Å². The van der Waals surface area contributed by atoms with Gasteiger partial charge in [0.25, 0.3) is 0 Å². The summed E-state index contributed by atoms with van der Waals surface area (Å²) in [6, 6.07) is 51.5. The Kier molecular flexibility index (Phi) is 5.30. The van der Waals surface area contributed by atoms with E-state index in [4.69, 9.17) is 5.73 Å². The molecule has 0 radical (unpaired) electrons. The molecule has 6 aromatic carbocycles. The zero-order valence-electron chi connectivity index (χ0n) is 20.9. The van der Waals surface area contributed by atoms with Crippen LogP contribution in [-0.2, 0) is 0 Å². The molecule has 180 valence electrons. The van der Waals surface area contributed by atoms with Crippen LogP contribution in [0.4, 0.5) is 5.69 Å². The van der Waals surface area contributed by atoms with Crippen LogP contribution in [0.2, 0.25) is 0 Å². The number of nitrogens with two attached hydrogens (primary N) is 1. The molecule has 2 heteroatoms. The average molecular weight is 487 g/mol. The van der Waals surface area contributed by atoms with E-state index in [1.807, 2.05) is 18.2 Å². The minimum absolute atomic E-state index is 0.790. The largest absolute Gasteiger partial charge is 0.398 e. The Hall–Kier alpha value is -5.08. The first kappa shape index (κ1) is 22.1. The van der Waals surface area contributed by atoms with Gasteiger partial charge in [-0.2, -0.15) is 0 Å². The Morgan fingerprint density at radius 3 is 1.74 bits per heavy atom. The maximum Gasteiger partial charge on any atom is 0.0541 e. The lowest BCUT2D eigenvalue weighted by Crippen LogP contribution is -1.93. The molecule has 0 spiro atoms. The molecule has 2 N–H and O–H groups in total. The Bertz CT molecular complexity index is 1930. The van der Waals surface area contributed by atoms with Crippen LogP contribution in [0, 0.1) is 0 Å². The molecule has 0 aliphatic heterocycles. The lowest BCUT2D eigenvalue weighted by Gasteiger charge is -2.13. The van der Waals surface area contributed by atoms with Gasteiger partial charge in [0.05, 0.1) is 11.0 Å². The molecular formula is C36H26N2. The molecule has 7 aromatic rings. The maximum absolute atomic E-state index is 6.30. The first-order valence-electron chi connectivity index (χ1n) is 12.9. The summed E-state index contributed by atoms with van der Waals surface area (Å²) in [6.07, 6.45) is 0. The molecule has 0 atom stereocenters. The van der Waals surface area contributed by atoms with Crippen LogP contribution in [0.15, 0.2) is 146 Å². The highest BCUT2D eigenvalue weighted by atomic mass is 15.0. The van der Waals surface area contributed by atoms with Gasteiger partial charge in [-0.3, -0.25) is 0 Å². The van der Waals surface area contributed by atoms with Gasteiger partial charge in [0.1, 0.15) is 0 Å². The van der Waals surface area contributed by atoms with Crippen LogP contribution < -0.4 is 5.73 Å². The van der Waals surface area contributed by atoms with E-state index in [0.29, 0.717) is 0 Å². The first-order valence-corrected chi connectivity index (χ1v) is 12.9. The van der Waals surface area contributed by atoms with Gasteiger partial charge in [-0.15, -0.1) is 0 Å². The molecule has 0 aliphatic rings. The van der Waals surface area contributed by atoms with E-state index < -0.39 is 0 Å². The number of aromatic nitrogens is 1. The third-order valence-corrected chi connectivity index (χ3v) is 7.37. The quantitative estimate of drug-likeness (QED) is 0.247. The van der Waals surface area contributed by atoms with Crippen LogP contribution in [0.25, 0.3) is 60.9 Å². The van der Waals surface area contributed by atoms with Gasteiger partial charge in [0.15, 0.2) is 0 Å². The summed E-state index contributed by atoms with van der Waals surface area (Å²) < 4.78 is 2.36. The van der Waals surface area contributed by atoms with Crippen LogP contribution in [-0.4, -0.2) is 4.57 Å². The average Bonchev–Trinajstić information content (AvgIpc) is 3.32. The monoisotopic (exact) mass is 486 g/mol. The number of anilines is 1. The Balaban J connectivity index is 1.41. The van der Waals surface area contributed by atoms with Crippen molar-refractivity contribution in [2.75, 3.05) is 5.73 Å². The van der Waals surface area contributed by atoms with Gasteiger partial charge in [-0.25, -0.2) is 0 Å². The number of nitrogens with zero attached hydrogens (tertiary/aromatic N) is 1. The minimum Gasteiger partial charge on any atom is -0.398 e. The fourth-order valence-electron chi connectivity index (χ4n) is 5.60. The smallest absolute Gasteiger partial charge is 0.0541 e. The molecule has 1 heterocycles. The third kappa shape index (κ3) is 3.66. The highest BCUT2D eigenvalue weighted by Gasteiger charge is 2.15. The van der Waals surface area contributed by atoms with Gasteiger partial charge in [-0.05, 0) is 70.3 Å². The van der Waals surface area contributed by atoms with Gasteiger partial charge >= 0.3 is 0 Å². The van der Waals surface area contributed by atoms with Gasteiger partial charge in [0.2, 0.25) is 0 Å². The first-order chi connectivity index (χ1) is 18.8. The van der Waals surface area contributed by atoms with Crippen molar-refractivity contribution >= 4 is 27.5 Å². The molecule has 1 aromatic heterocycles. The van der Waals surface area contributed by atoms with Crippen molar-refractivity contribution in [2.45, 2.75) is 0 Å². The summed E-state index contributed by atoms with van der Waals surface area (Å²) >= 11 is 0. The Morgan fingerprint density at radius 2 is 0.974 bits per heavy atom. The normalized spacial score (nSPS) is 11.3. The lowest BCUT2D eigenvalue weighted by atomic mass is 9.92. The summed E-state index contributed by atoms with van der Waals surface area (Å²) in [6.45, 7) is 0. The van der Waals surface area contributed by atoms with Crippen LogP contribution in [0.3, 0.4) is 0 Å². The number of nitrogen functional groups attached to an aromatic ring is 1. The molecule has 38 heavy (non-hydrogen) atoms. The maximum atomic E-state index is 6.30. The second kappa shape index (κ2) is 9.10. The van der Waals surface area contributed by atoms with Gasteiger partial charge in [-0.1, -0.05) is 103 Å². The van der Waals surface area contributed by atoms with E-state index in [-0.39, 0.29) is 0 Å². The number of para-hydroxylation sites is 3. The van der Waals surface area contributed by atoms with E-state index >= 15 is 0 Å². The number of rotatable bonds is 4. The fraction of sp³-hybridized carbons (Fsp3) is 0. The molecule has 0 saturated heterocycles. The summed E-state index contributed by atoms with van der Waals surface area (Å²) in [4.78, 5) is 0. The molecule has 0 unspecified atom stereocenters. The van der Waals surface area contributed by atoms with Crippen molar-refractivity contribution in [3.05, 3.63) is 146 Å². The van der Waals surface area contributed by atoms with Gasteiger partial charge < -0.3 is 10.3 Å². The molecule has 0 fully saturated rings. The number of fused-ring (bicyclic) bond motifs is 3. The third-order valence-electron chi connectivity index (χ3n) is 7.37. The van der Waals surface area contributed by atoms with E-state index in [1.165, 1.54) is 49.7 Å². The molecule has 7 rings (SSSR count). The zero-order chi connectivity index (χ0) is 25.5. The highest BCUT2D eigenvalue weighted by molar-refractivity contribution is 6.10.